The second kappa shape index (κ2) is 8.61. The summed E-state index contributed by atoms with van der Waals surface area (Å²) in [5, 5.41) is 2.87. The lowest BCUT2D eigenvalue weighted by atomic mass is 10.0. The molecule has 0 aliphatic carbocycles. The highest BCUT2D eigenvalue weighted by Crippen LogP contribution is 2.30. The molecular weight excluding hydrogens is 356 g/mol. The molecule has 6 heteroatoms. The van der Waals surface area contributed by atoms with E-state index >= 15 is 0 Å². The Balaban J connectivity index is 1.70. The zero-order valence-corrected chi connectivity index (χ0v) is 16.3. The van der Waals surface area contributed by atoms with Gasteiger partial charge in [-0.25, -0.2) is 0 Å². The fourth-order valence-corrected chi connectivity index (χ4v) is 3.31. The number of hydrogen-bond donors (Lipinski definition) is 1. The lowest BCUT2D eigenvalue weighted by Crippen LogP contribution is -2.33. The Morgan fingerprint density at radius 2 is 1.86 bits per heavy atom. The van der Waals surface area contributed by atoms with Crippen molar-refractivity contribution in [3.05, 3.63) is 53.6 Å². The van der Waals surface area contributed by atoms with Gasteiger partial charge in [-0.15, -0.1) is 0 Å². The lowest BCUT2D eigenvalue weighted by molar-refractivity contribution is -0.116. The van der Waals surface area contributed by atoms with E-state index in [0.29, 0.717) is 17.2 Å². The molecule has 0 saturated heterocycles. The van der Waals surface area contributed by atoms with Gasteiger partial charge in [-0.1, -0.05) is 6.07 Å². The van der Waals surface area contributed by atoms with Crippen molar-refractivity contribution in [2.75, 3.05) is 31.0 Å². The first-order valence-corrected chi connectivity index (χ1v) is 9.14. The van der Waals surface area contributed by atoms with E-state index in [4.69, 9.17) is 9.47 Å². The number of anilines is 2. The van der Waals surface area contributed by atoms with Gasteiger partial charge < -0.3 is 19.7 Å². The number of benzene rings is 2. The molecular formula is C22H24N2O4. The molecule has 0 atom stereocenters. The first kappa shape index (κ1) is 19.5. The number of nitrogens with zero attached hydrogens (tertiary/aromatic N) is 1. The van der Waals surface area contributed by atoms with Crippen LogP contribution in [0.2, 0.25) is 0 Å². The third kappa shape index (κ3) is 4.34. The zero-order valence-electron chi connectivity index (χ0n) is 16.3. The minimum absolute atomic E-state index is 0.0376. The van der Waals surface area contributed by atoms with E-state index < -0.39 is 0 Å². The molecule has 0 spiro atoms. The van der Waals surface area contributed by atoms with Gasteiger partial charge in [-0.3, -0.25) is 9.59 Å². The fraction of sp³-hybridized carbons (Fsp3) is 0.273. The highest BCUT2D eigenvalue weighted by molar-refractivity contribution is 6.02. The number of hydrogen-bond acceptors (Lipinski definition) is 4. The van der Waals surface area contributed by atoms with Crippen LogP contribution in [0, 0.1) is 0 Å². The quantitative estimate of drug-likeness (QED) is 0.804. The van der Waals surface area contributed by atoms with E-state index in [0.717, 1.165) is 36.2 Å². The van der Waals surface area contributed by atoms with Gasteiger partial charge >= 0.3 is 0 Å². The maximum Gasteiger partial charge on any atom is 0.248 e. The van der Waals surface area contributed by atoms with Crippen molar-refractivity contribution in [3.63, 3.8) is 0 Å². The maximum absolute atomic E-state index is 12.3. The summed E-state index contributed by atoms with van der Waals surface area (Å²) in [4.78, 5) is 25.8. The summed E-state index contributed by atoms with van der Waals surface area (Å²) in [6.45, 7) is 2.31. The largest absolute Gasteiger partial charge is 0.493 e. The van der Waals surface area contributed by atoms with Crippen molar-refractivity contribution >= 4 is 29.3 Å². The topological polar surface area (TPSA) is 67.9 Å². The molecule has 0 saturated carbocycles. The third-order valence-electron chi connectivity index (χ3n) is 4.68. The number of methoxy groups -OCH3 is 2. The summed E-state index contributed by atoms with van der Waals surface area (Å²) in [6.07, 6.45) is 5.00. The predicted molar refractivity (Wildman–Crippen MR) is 110 cm³/mol. The molecule has 6 nitrogen and oxygen atoms in total. The lowest BCUT2D eigenvalue weighted by Gasteiger charge is -2.28. The molecule has 0 aromatic heterocycles. The number of aryl methyl sites for hydroxylation is 1. The minimum Gasteiger partial charge on any atom is -0.493 e. The first-order valence-electron chi connectivity index (χ1n) is 9.14. The van der Waals surface area contributed by atoms with Gasteiger partial charge in [-0.2, -0.15) is 0 Å². The Labute approximate surface area is 164 Å². The van der Waals surface area contributed by atoms with Gasteiger partial charge in [0.25, 0.3) is 0 Å². The monoisotopic (exact) mass is 380 g/mol. The van der Waals surface area contributed by atoms with E-state index in [2.05, 4.69) is 5.32 Å². The van der Waals surface area contributed by atoms with E-state index in [1.165, 1.54) is 6.08 Å². The van der Waals surface area contributed by atoms with Crippen LogP contribution >= 0.6 is 0 Å². The molecule has 0 radical (unpaired) electrons. The molecule has 0 unspecified atom stereocenters. The molecule has 1 aliphatic heterocycles. The number of nitrogens with one attached hydrogen (secondary N) is 1. The highest BCUT2D eigenvalue weighted by Gasteiger charge is 2.20. The summed E-state index contributed by atoms with van der Waals surface area (Å²) in [7, 11) is 3.15. The van der Waals surface area contributed by atoms with Crippen molar-refractivity contribution in [2.45, 2.75) is 19.8 Å². The molecule has 0 fully saturated rings. The van der Waals surface area contributed by atoms with Crippen molar-refractivity contribution in [2.24, 2.45) is 0 Å². The predicted octanol–water partition coefficient (Wildman–Crippen LogP) is 3.65. The van der Waals surface area contributed by atoms with Gasteiger partial charge in [0, 0.05) is 30.9 Å². The SMILES string of the molecule is COc1ccc(/C=C/C(=O)Nc2ccc3c(c2)CCCN3C(C)=O)cc1OC. The number of ether oxygens (including phenoxy) is 2. The Morgan fingerprint density at radius 3 is 2.57 bits per heavy atom. The Kier molecular flexibility index (Phi) is 5.99. The van der Waals surface area contributed by atoms with Crippen LogP contribution in [-0.4, -0.2) is 32.6 Å². The van der Waals surface area contributed by atoms with Crippen LogP contribution < -0.4 is 19.7 Å². The van der Waals surface area contributed by atoms with E-state index in [-0.39, 0.29) is 11.8 Å². The molecule has 1 heterocycles. The van der Waals surface area contributed by atoms with Crippen LogP contribution in [0.3, 0.4) is 0 Å². The van der Waals surface area contributed by atoms with Gasteiger partial charge in [-0.05, 0) is 60.4 Å². The summed E-state index contributed by atoms with van der Waals surface area (Å²) in [5.41, 5.74) is 3.54. The molecule has 2 aromatic carbocycles. The molecule has 2 aromatic rings. The number of fused-ring (bicyclic) bond motifs is 1. The third-order valence-corrected chi connectivity index (χ3v) is 4.68. The molecule has 1 aliphatic rings. The van der Waals surface area contributed by atoms with Gasteiger partial charge in [0.1, 0.15) is 0 Å². The minimum atomic E-state index is -0.228. The van der Waals surface area contributed by atoms with Crippen LogP contribution in [0.15, 0.2) is 42.5 Å². The number of amides is 2. The van der Waals surface area contributed by atoms with Gasteiger partial charge in [0.2, 0.25) is 11.8 Å². The van der Waals surface area contributed by atoms with Crippen LogP contribution in [0.1, 0.15) is 24.5 Å². The average molecular weight is 380 g/mol. The van der Waals surface area contributed by atoms with Crippen LogP contribution in [-0.2, 0) is 16.0 Å². The standard InChI is InChI=1S/C22H24N2O4/c1-15(25)24-12-4-5-17-14-18(8-9-19(17)24)23-22(26)11-7-16-6-10-20(27-2)21(13-16)28-3/h6-11,13-14H,4-5,12H2,1-3H3,(H,23,26)/b11-7+. The second-order valence-electron chi connectivity index (χ2n) is 6.55. The Bertz CT molecular complexity index is 921. The van der Waals surface area contributed by atoms with Crippen molar-refractivity contribution in [3.8, 4) is 11.5 Å². The van der Waals surface area contributed by atoms with Crippen LogP contribution in [0.5, 0.6) is 11.5 Å². The number of carbonyl (C=O) groups excluding carboxylic acids is 2. The van der Waals surface area contributed by atoms with Crippen LogP contribution in [0.4, 0.5) is 11.4 Å². The van der Waals surface area contributed by atoms with E-state index in [9.17, 15) is 9.59 Å². The van der Waals surface area contributed by atoms with Crippen molar-refractivity contribution in [1.82, 2.24) is 0 Å². The Morgan fingerprint density at radius 1 is 1.07 bits per heavy atom. The smallest absolute Gasteiger partial charge is 0.248 e. The number of rotatable bonds is 5. The van der Waals surface area contributed by atoms with Crippen molar-refractivity contribution in [1.29, 1.82) is 0 Å². The van der Waals surface area contributed by atoms with E-state index in [1.54, 1.807) is 44.3 Å². The molecule has 2 amide bonds. The molecule has 1 N–H and O–H groups in total. The highest BCUT2D eigenvalue weighted by atomic mass is 16.5. The molecule has 3 rings (SSSR count). The Hall–Kier alpha value is -3.28. The fourth-order valence-electron chi connectivity index (χ4n) is 3.31. The second-order valence-corrected chi connectivity index (χ2v) is 6.55. The maximum atomic E-state index is 12.3. The molecule has 146 valence electrons. The first-order chi connectivity index (χ1) is 13.5. The van der Waals surface area contributed by atoms with Gasteiger partial charge in [0.15, 0.2) is 11.5 Å². The van der Waals surface area contributed by atoms with Gasteiger partial charge in [0.05, 0.1) is 14.2 Å². The van der Waals surface area contributed by atoms with E-state index in [1.807, 2.05) is 24.3 Å². The van der Waals surface area contributed by atoms with Crippen LogP contribution in [0.25, 0.3) is 6.08 Å². The number of carbonyl (C=O) groups is 2. The van der Waals surface area contributed by atoms with Crippen molar-refractivity contribution < 1.29 is 19.1 Å². The molecule has 0 bridgehead atoms. The summed E-state index contributed by atoms with van der Waals surface area (Å²) < 4.78 is 10.5. The summed E-state index contributed by atoms with van der Waals surface area (Å²) >= 11 is 0. The molecule has 28 heavy (non-hydrogen) atoms. The summed E-state index contributed by atoms with van der Waals surface area (Å²) in [5.74, 6) is 1.05. The summed E-state index contributed by atoms with van der Waals surface area (Å²) in [6, 6.07) is 11.1. The zero-order chi connectivity index (χ0) is 20.1. The normalized spacial score (nSPS) is 13.2. The average Bonchev–Trinajstić information content (AvgIpc) is 2.71.